The summed E-state index contributed by atoms with van der Waals surface area (Å²) in [7, 11) is 0. The van der Waals surface area contributed by atoms with Gasteiger partial charge in [-0.3, -0.25) is 19.4 Å². The number of hydrogen-bond acceptors (Lipinski definition) is 7. The van der Waals surface area contributed by atoms with Gasteiger partial charge in [-0.2, -0.15) is 0 Å². The van der Waals surface area contributed by atoms with Crippen LogP contribution in [0.5, 0.6) is 0 Å². The molecule has 0 unspecified atom stereocenters. The molecule has 12 N–H and O–H groups in total. The number of carbonyl (C=O) groups is 4. The fourth-order valence-corrected chi connectivity index (χ4v) is 4.01. The predicted molar refractivity (Wildman–Crippen MR) is 154 cm³/mol. The maximum absolute atomic E-state index is 13.3. The van der Waals surface area contributed by atoms with Crippen molar-refractivity contribution in [1.82, 2.24) is 16.0 Å². The molecule has 0 radical (unpaired) electrons. The fourth-order valence-electron chi connectivity index (χ4n) is 4.01. The highest BCUT2D eigenvalue weighted by molar-refractivity contribution is 5.94. The minimum atomic E-state index is -1.17. The Morgan fingerprint density at radius 2 is 1.40 bits per heavy atom. The number of nitrogens with one attached hydrogen (secondary N) is 3. The van der Waals surface area contributed by atoms with Gasteiger partial charge in [0.15, 0.2) is 5.96 Å². The number of carboxylic acid groups (broad SMARTS) is 1. The number of unbranched alkanes of at least 4 members (excludes halogenated alkanes) is 1. The van der Waals surface area contributed by atoms with Crippen LogP contribution in [0, 0.1) is 5.92 Å². The molecule has 13 nitrogen and oxygen atoms in total. The first kappa shape index (κ1) is 34.3. The van der Waals surface area contributed by atoms with Gasteiger partial charge in [0.2, 0.25) is 17.7 Å². The first-order valence-electron chi connectivity index (χ1n) is 13.6. The normalized spacial score (nSPS) is 13.9. The van der Waals surface area contributed by atoms with Crippen LogP contribution in [0.15, 0.2) is 35.3 Å². The molecule has 0 saturated heterocycles. The van der Waals surface area contributed by atoms with Gasteiger partial charge in [-0.15, -0.1) is 0 Å². The Kier molecular flexibility index (Phi) is 15.9. The quantitative estimate of drug-likeness (QED) is 0.0604. The zero-order chi connectivity index (χ0) is 30.1. The van der Waals surface area contributed by atoms with Crippen molar-refractivity contribution in [1.29, 1.82) is 0 Å². The Balaban J connectivity index is 3.03. The molecule has 4 atom stereocenters. The molecule has 0 heterocycles. The number of carboxylic acids is 1. The predicted octanol–water partition coefficient (Wildman–Crippen LogP) is -0.676. The first-order chi connectivity index (χ1) is 18.9. The van der Waals surface area contributed by atoms with E-state index in [-0.39, 0.29) is 44.1 Å². The lowest BCUT2D eigenvalue weighted by Gasteiger charge is -2.25. The summed E-state index contributed by atoms with van der Waals surface area (Å²) in [5, 5.41) is 17.5. The van der Waals surface area contributed by atoms with Crippen LogP contribution >= 0.6 is 0 Å². The summed E-state index contributed by atoms with van der Waals surface area (Å²) < 4.78 is 0. The van der Waals surface area contributed by atoms with Crippen molar-refractivity contribution < 1.29 is 24.3 Å². The molecule has 0 fully saturated rings. The molecule has 0 aromatic heterocycles. The lowest BCUT2D eigenvalue weighted by molar-refractivity contribution is -0.142. The second kappa shape index (κ2) is 18.6. The smallest absolute Gasteiger partial charge is 0.326 e. The molecule has 1 aromatic rings. The van der Waals surface area contributed by atoms with Crippen LogP contribution in [0.2, 0.25) is 0 Å². The third-order valence-electron chi connectivity index (χ3n) is 6.12. The number of nitrogens with zero attached hydrogens (tertiary/aromatic N) is 1. The third-order valence-corrected chi connectivity index (χ3v) is 6.12. The Hall–Kier alpha value is -3.71. The highest BCUT2D eigenvalue weighted by atomic mass is 16.4. The zero-order valence-corrected chi connectivity index (χ0v) is 23.5. The summed E-state index contributed by atoms with van der Waals surface area (Å²) in [6.45, 7) is 4.31. The van der Waals surface area contributed by atoms with Gasteiger partial charge in [0.1, 0.15) is 18.1 Å². The number of rotatable bonds is 19. The molecule has 0 saturated carbocycles. The lowest BCUT2D eigenvalue weighted by Crippen LogP contribution is -2.57. The van der Waals surface area contributed by atoms with E-state index in [0.717, 1.165) is 5.56 Å². The van der Waals surface area contributed by atoms with Crippen molar-refractivity contribution >= 4 is 29.7 Å². The molecule has 0 aliphatic rings. The Bertz CT molecular complexity index is 969. The van der Waals surface area contributed by atoms with Crippen LogP contribution in [0.4, 0.5) is 0 Å². The van der Waals surface area contributed by atoms with Crippen molar-refractivity contribution in [3.63, 3.8) is 0 Å². The van der Waals surface area contributed by atoms with Gasteiger partial charge < -0.3 is 44.0 Å². The van der Waals surface area contributed by atoms with Gasteiger partial charge in [0.25, 0.3) is 0 Å². The molecule has 0 aliphatic heterocycles. The Morgan fingerprint density at radius 1 is 0.850 bits per heavy atom. The van der Waals surface area contributed by atoms with Crippen molar-refractivity contribution in [3.8, 4) is 0 Å². The minimum Gasteiger partial charge on any atom is -0.480 e. The van der Waals surface area contributed by atoms with Gasteiger partial charge in [-0.1, -0.05) is 44.2 Å². The maximum atomic E-state index is 13.3. The van der Waals surface area contributed by atoms with Crippen LogP contribution in [0.3, 0.4) is 0 Å². The van der Waals surface area contributed by atoms with E-state index in [9.17, 15) is 24.3 Å². The average Bonchev–Trinajstić information content (AvgIpc) is 2.89. The maximum Gasteiger partial charge on any atom is 0.326 e. The van der Waals surface area contributed by atoms with Crippen LogP contribution in [-0.2, 0) is 25.6 Å². The average molecular weight is 563 g/mol. The van der Waals surface area contributed by atoms with E-state index in [4.69, 9.17) is 22.9 Å². The SMILES string of the molecule is CC(C)C[C@H](NC(=O)[C@H](CCCN=C(N)N)NC(=O)[C@H](CCCCN)NC(=O)[C@@H](N)Cc1ccccc1)C(=O)O. The standard InChI is InChI=1S/C27H46N8O5/c1-17(2)15-22(26(39)40)35-25(38)21(12-8-14-32-27(30)31)34-24(37)20(11-6-7-13-28)33-23(36)19(29)16-18-9-4-3-5-10-18/h3-5,9-10,17,19-22H,6-8,11-16,28-29H2,1-2H3,(H,33,36)(H,34,37)(H,35,38)(H,39,40)(H4,30,31,32)/t19-,20-,21-,22-/m0/s1. The van der Waals surface area contributed by atoms with Crippen LogP contribution < -0.4 is 38.9 Å². The second-order valence-electron chi connectivity index (χ2n) is 10.2. The van der Waals surface area contributed by atoms with E-state index in [1.165, 1.54) is 0 Å². The van der Waals surface area contributed by atoms with Crippen LogP contribution in [0.1, 0.15) is 57.9 Å². The van der Waals surface area contributed by atoms with Crippen molar-refractivity contribution in [2.45, 2.75) is 83.0 Å². The van der Waals surface area contributed by atoms with E-state index < -0.39 is 47.9 Å². The third kappa shape index (κ3) is 13.9. The van der Waals surface area contributed by atoms with Gasteiger partial charge in [-0.05, 0) is 63.0 Å². The number of hydrogen-bond donors (Lipinski definition) is 8. The zero-order valence-electron chi connectivity index (χ0n) is 23.5. The van der Waals surface area contributed by atoms with E-state index in [0.29, 0.717) is 25.8 Å². The van der Waals surface area contributed by atoms with Crippen LogP contribution in [0.25, 0.3) is 0 Å². The summed E-state index contributed by atoms with van der Waals surface area (Å²) in [5.41, 5.74) is 23.3. The van der Waals surface area contributed by atoms with E-state index in [1.54, 1.807) is 0 Å². The summed E-state index contributed by atoms with van der Waals surface area (Å²) in [6.07, 6.45) is 2.44. The molecule has 224 valence electrons. The van der Waals surface area contributed by atoms with E-state index in [1.807, 2.05) is 44.2 Å². The number of carbonyl (C=O) groups excluding carboxylic acids is 3. The highest BCUT2D eigenvalue weighted by Crippen LogP contribution is 2.09. The van der Waals surface area contributed by atoms with E-state index in [2.05, 4.69) is 20.9 Å². The summed E-state index contributed by atoms with van der Waals surface area (Å²) >= 11 is 0. The molecule has 0 spiro atoms. The number of amides is 3. The Morgan fingerprint density at radius 3 is 1.93 bits per heavy atom. The van der Waals surface area contributed by atoms with Crippen molar-refractivity contribution in [2.75, 3.05) is 13.1 Å². The van der Waals surface area contributed by atoms with Gasteiger partial charge in [0, 0.05) is 6.54 Å². The molecule has 0 bridgehead atoms. The van der Waals surface area contributed by atoms with Crippen molar-refractivity contribution in [3.05, 3.63) is 35.9 Å². The lowest BCUT2D eigenvalue weighted by atomic mass is 10.0. The number of nitrogens with two attached hydrogens (primary N) is 4. The molecule has 0 aliphatic carbocycles. The van der Waals surface area contributed by atoms with E-state index >= 15 is 0 Å². The second-order valence-corrected chi connectivity index (χ2v) is 10.2. The number of aliphatic carboxylic acids is 1. The van der Waals surface area contributed by atoms with Gasteiger partial charge >= 0.3 is 5.97 Å². The fraction of sp³-hybridized carbons (Fsp3) is 0.593. The largest absolute Gasteiger partial charge is 0.480 e. The molecule has 3 amide bonds. The first-order valence-corrected chi connectivity index (χ1v) is 13.6. The molecule has 1 rings (SSSR count). The van der Waals surface area contributed by atoms with Crippen LogP contribution in [-0.4, -0.2) is 72.0 Å². The molecular formula is C27H46N8O5. The molecular weight excluding hydrogens is 516 g/mol. The number of benzene rings is 1. The molecule has 40 heavy (non-hydrogen) atoms. The molecule has 1 aromatic carbocycles. The number of guanidine groups is 1. The van der Waals surface area contributed by atoms with Gasteiger partial charge in [0.05, 0.1) is 6.04 Å². The van der Waals surface area contributed by atoms with Gasteiger partial charge in [-0.25, -0.2) is 4.79 Å². The van der Waals surface area contributed by atoms with Crippen molar-refractivity contribution in [2.24, 2.45) is 33.8 Å². The Labute approximate surface area is 235 Å². The molecule has 13 heteroatoms. The summed E-state index contributed by atoms with van der Waals surface area (Å²) in [5.74, 6) is -3.02. The summed E-state index contributed by atoms with van der Waals surface area (Å²) in [6, 6.07) is 5.19. The summed E-state index contributed by atoms with van der Waals surface area (Å²) in [4.78, 5) is 55.0. The minimum absolute atomic E-state index is 0.0125. The highest BCUT2D eigenvalue weighted by Gasteiger charge is 2.30. The topological polar surface area (TPSA) is 241 Å². The monoisotopic (exact) mass is 562 g/mol. The number of aliphatic imine (C=N–C) groups is 1.